The molecule has 0 saturated carbocycles. The van der Waals surface area contributed by atoms with Crippen LogP contribution in [0, 0.1) is 0 Å². The van der Waals surface area contributed by atoms with Crippen LogP contribution in [0.5, 0.6) is 11.5 Å². The highest BCUT2D eigenvalue weighted by Gasteiger charge is 2.58. The van der Waals surface area contributed by atoms with E-state index in [9.17, 15) is 76.0 Å². The van der Waals surface area contributed by atoms with E-state index < -0.39 is 210 Å². The molecule has 2 amide bonds. The number of likely N-dealkylation sites (N-methyl/N-ethyl adjacent to an activating group) is 2. The Kier molecular flexibility index (Phi) is 20.7. The smallest absolute Gasteiger partial charge is 0.280 e. The second kappa shape index (κ2) is 25.5. The van der Waals surface area contributed by atoms with E-state index in [-0.39, 0.29) is 0 Å². The van der Waals surface area contributed by atoms with Gasteiger partial charge in [-0.05, 0) is 24.3 Å². The molecule has 21 N–H and O–H groups in total. The number of aliphatic hydroxyl groups excluding tert-OH is 13. The van der Waals surface area contributed by atoms with Crippen molar-refractivity contribution < 1.29 is 128 Å². The first-order valence-corrected chi connectivity index (χ1v) is 23.6. The highest BCUT2D eigenvalue weighted by atomic mass is 16.8. The number of methoxy groups -OCH3 is 1. The van der Waals surface area contributed by atoms with Crippen LogP contribution in [0.15, 0.2) is 24.3 Å². The van der Waals surface area contributed by atoms with E-state index in [2.05, 4.69) is 10.6 Å². The van der Waals surface area contributed by atoms with Gasteiger partial charge in [0.25, 0.3) is 23.4 Å². The number of carbonyl (C=O) groups is 2. The van der Waals surface area contributed by atoms with Crippen LogP contribution in [0.1, 0.15) is 12.8 Å². The number of hydrogen-bond acceptors (Lipinski definition) is 29. The van der Waals surface area contributed by atoms with Crippen molar-refractivity contribution in [3.8, 4) is 11.5 Å². The molecule has 6 rings (SSSR count). The van der Waals surface area contributed by atoms with Gasteiger partial charge in [-0.3, -0.25) is 9.59 Å². The van der Waals surface area contributed by atoms with Gasteiger partial charge in [-0.15, -0.1) is 0 Å². The number of aliphatic hydroxyl groups is 13. The van der Waals surface area contributed by atoms with Crippen LogP contribution in [0.2, 0.25) is 0 Å². The molecule has 0 bridgehead atoms. The van der Waals surface area contributed by atoms with E-state index in [4.69, 9.17) is 69.3 Å². The molecule has 1 aromatic carbocycles. The number of nitrogens with two attached hydrogens (primary N) is 3. The van der Waals surface area contributed by atoms with Crippen molar-refractivity contribution in [3.63, 3.8) is 0 Å². The maximum atomic E-state index is 13.5. The van der Waals surface area contributed by atoms with E-state index in [1.165, 1.54) is 7.11 Å². The first-order valence-electron chi connectivity index (χ1n) is 23.6. The summed E-state index contributed by atoms with van der Waals surface area (Å²) < 4.78 is 63.0. The monoisotopic (exact) mass is 1070 g/mol. The van der Waals surface area contributed by atoms with Crippen molar-refractivity contribution in [1.29, 1.82) is 0 Å². The molecule has 5 aliphatic rings. The Morgan fingerprint density at radius 3 is 1.42 bits per heavy atom. The zero-order valence-corrected chi connectivity index (χ0v) is 40.4. The number of ether oxygens (including phenoxy) is 11. The number of carbonyl (C=O) groups excluding carboxylic acids is 2. The minimum atomic E-state index is -2.61. The largest absolute Gasteiger partial charge is 0.497 e. The first kappa shape index (κ1) is 60.0. The molecule has 5 aliphatic heterocycles. The second-order valence-corrected chi connectivity index (χ2v) is 18.6. The molecule has 5 heterocycles. The Bertz CT molecular complexity index is 1960. The molecule has 31 nitrogen and oxygen atoms in total. The number of rotatable bonds is 20. The van der Waals surface area contributed by atoms with Crippen molar-refractivity contribution >= 4 is 11.8 Å². The lowest BCUT2D eigenvalue weighted by molar-refractivity contribution is -0.345. The Balaban J connectivity index is 1.09. The molecular formula is C43H71N5O26. The van der Waals surface area contributed by atoms with Crippen molar-refractivity contribution in [1.82, 2.24) is 10.6 Å². The molecule has 0 aliphatic carbocycles. The standard InChI is InChI=1S/C43H71N5O26/c1-47-40(62)42(8-17(50)27(54)35(73-42)19(52)10-49)67-11-20(53)36-28(55)18(51)9-43(74-36,41(63)48-2)68-14-23-31(58)33(60)25(45)38(71-23)65-12-21-29(56)32(59)24(44)37(70-21)66-13-22-30(57)34(61)26(46)39(72-22)69-16-6-4-15(64-3)5-7-16/h4-7,17-39,49-61H,8-14,44-46H2,1-3H3,(H,47,62)(H,48,63)/t17-,18-,19-,20-,21-,22-,23-,24-,25-,26-,27-,28-,29-,30-,31-,32-,33-,34-,35-,36-,37-,38-,39-,42-,43?/m1/s1. The van der Waals surface area contributed by atoms with Crippen molar-refractivity contribution in [2.45, 2.75) is 165 Å². The summed E-state index contributed by atoms with van der Waals surface area (Å²) in [4.78, 5) is 26.6. The SMILES string of the molecule is CNC(=O)C1(OC[C@H]2O[C@@H](OC[C@H]3O[C@@H](OC[C@H]4O[C@@H](Oc5ccc(OC)cc5)[C@H](N)[C@@H](O)[C@@H]4O)[C@H](N)[C@@H](O)[C@@H]3O)[C@H](N)[C@@H](O)[C@@H]2O)C[C@@H](O)[C@@H](O)[C@@H]([C@H](O)CO[C@]2(C(=O)NC)C[C@@H](O)[C@@H](O)[C@@H]([C@H](O)CO)O2)O1. The molecule has 1 aromatic rings. The summed E-state index contributed by atoms with van der Waals surface area (Å²) in [5, 5.41) is 144. The highest BCUT2D eigenvalue weighted by Crippen LogP contribution is 2.37. The zero-order valence-electron chi connectivity index (χ0n) is 40.4. The average Bonchev–Trinajstić information content (AvgIpc) is 3.40. The van der Waals surface area contributed by atoms with Gasteiger partial charge in [0.1, 0.15) is 103 Å². The third-order valence-corrected chi connectivity index (χ3v) is 13.5. The topological polar surface area (TPSA) is 501 Å². The lowest BCUT2D eigenvalue weighted by atomic mass is 9.91. The Labute approximate surface area is 422 Å². The summed E-state index contributed by atoms with van der Waals surface area (Å²) in [5.41, 5.74) is 18.4. The third-order valence-electron chi connectivity index (χ3n) is 13.5. The predicted molar refractivity (Wildman–Crippen MR) is 239 cm³/mol. The maximum Gasteiger partial charge on any atom is 0.280 e. The third kappa shape index (κ3) is 12.8. The van der Waals surface area contributed by atoms with E-state index in [0.717, 1.165) is 14.1 Å². The van der Waals surface area contributed by atoms with Crippen LogP contribution >= 0.6 is 0 Å². The summed E-state index contributed by atoms with van der Waals surface area (Å²) in [5.74, 6) is -6.48. The molecular weight excluding hydrogens is 1000 g/mol. The van der Waals surface area contributed by atoms with E-state index in [1.807, 2.05) is 0 Å². The Morgan fingerprint density at radius 2 is 0.986 bits per heavy atom. The molecule has 31 heteroatoms. The minimum absolute atomic E-state index is 0.297. The van der Waals surface area contributed by atoms with Crippen LogP contribution < -0.4 is 37.3 Å². The van der Waals surface area contributed by atoms with Crippen LogP contribution in [-0.4, -0.2) is 285 Å². The number of hydrogen-bond donors (Lipinski definition) is 18. The van der Waals surface area contributed by atoms with Crippen molar-refractivity contribution in [2.24, 2.45) is 17.2 Å². The van der Waals surface area contributed by atoms with Gasteiger partial charge in [0.15, 0.2) is 12.6 Å². The van der Waals surface area contributed by atoms with Crippen molar-refractivity contribution in [3.05, 3.63) is 24.3 Å². The van der Waals surface area contributed by atoms with Gasteiger partial charge in [0, 0.05) is 26.9 Å². The van der Waals surface area contributed by atoms with E-state index in [1.54, 1.807) is 24.3 Å². The summed E-state index contributed by atoms with van der Waals surface area (Å²) in [6.45, 7) is -4.02. The fraction of sp³-hybridized carbons (Fsp3) is 0.814. The summed E-state index contributed by atoms with van der Waals surface area (Å²) in [6.07, 6.45) is -35.8. The first-order chi connectivity index (χ1) is 35.0. The van der Waals surface area contributed by atoms with E-state index >= 15 is 0 Å². The van der Waals surface area contributed by atoms with Gasteiger partial charge in [-0.1, -0.05) is 0 Å². The van der Waals surface area contributed by atoms with Crippen LogP contribution in [-0.2, 0) is 52.2 Å². The molecule has 5 fully saturated rings. The Morgan fingerprint density at radius 1 is 0.595 bits per heavy atom. The van der Waals surface area contributed by atoms with Gasteiger partial charge < -0.3 is 146 Å². The van der Waals surface area contributed by atoms with Crippen molar-refractivity contribution in [2.75, 3.05) is 54.2 Å². The highest BCUT2D eigenvalue weighted by molar-refractivity contribution is 5.84. The van der Waals surface area contributed by atoms with E-state index in [0.29, 0.717) is 11.5 Å². The van der Waals surface area contributed by atoms with Crippen LogP contribution in [0.25, 0.3) is 0 Å². The van der Waals surface area contributed by atoms with Gasteiger partial charge in [0.2, 0.25) is 6.29 Å². The van der Waals surface area contributed by atoms with Gasteiger partial charge in [-0.2, -0.15) is 0 Å². The van der Waals surface area contributed by atoms with Gasteiger partial charge in [-0.25, -0.2) is 0 Å². The molecule has 0 radical (unpaired) electrons. The predicted octanol–water partition coefficient (Wildman–Crippen LogP) is -10.9. The van der Waals surface area contributed by atoms with Crippen LogP contribution in [0.4, 0.5) is 0 Å². The fourth-order valence-corrected chi connectivity index (χ4v) is 8.99. The van der Waals surface area contributed by atoms with Gasteiger partial charge in [0.05, 0.1) is 70.5 Å². The van der Waals surface area contributed by atoms with Gasteiger partial charge >= 0.3 is 0 Å². The molecule has 5 saturated heterocycles. The average molecular weight is 1070 g/mol. The molecule has 25 atom stereocenters. The lowest BCUT2D eigenvalue weighted by Crippen LogP contribution is -2.67. The minimum Gasteiger partial charge on any atom is -0.497 e. The summed E-state index contributed by atoms with van der Waals surface area (Å²) >= 11 is 0. The molecule has 0 aromatic heterocycles. The normalized spacial score (nSPS) is 43.7. The lowest BCUT2D eigenvalue weighted by Gasteiger charge is -2.47. The quantitative estimate of drug-likeness (QED) is 0.0576. The molecule has 424 valence electrons. The molecule has 1 unspecified atom stereocenters. The number of nitrogens with one attached hydrogen (secondary N) is 2. The summed E-state index contributed by atoms with van der Waals surface area (Å²) in [7, 11) is 3.78. The summed E-state index contributed by atoms with van der Waals surface area (Å²) in [6, 6.07) is 2.24. The fourth-order valence-electron chi connectivity index (χ4n) is 8.99. The second-order valence-electron chi connectivity index (χ2n) is 18.6. The molecule has 74 heavy (non-hydrogen) atoms. The maximum absolute atomic E-state index is 13.5. The number of amides is 2. The van der Waals surface area contributed by atoms with Crippen LogP contribution in [0.3, 0.4) is 0 Å². The molecule has 0 spiro atoms. The number of benzene rings is 1. The Hall–Kier alpha value is -3.24. The zero-order chi connectivity index (χ0) is 54.6.